The zero-order valence-corrected chi connectivity index (χ0v) is 20.5. The Morgan fingerprint density at radius 1 is 1.21 bits per heavy atom. The molecule has 4 rings (SSSR count). The van der Waals surface area contributed by atoms with Gasteiger partial charge >= 0.3 is 0 Å². The first-order valence-corrected chi connectivity index (χ1v) is 13.2. The number of carbonyl (C=O) groups excluding carboxylic acids is 1. The van der Waals surface area contributed by atoms with Crippen molar-refractivity contribution in [1.29, 1.82) is 0 Å². The Labute approximate surface area is 196 Å². The second-order valence-corrected chi connectivity index (χ2v) is 11.0. The van der Waals surface area contributed by atoms with E-state index in [1.165, 1.54) is 11.1 Å². The van der Waals surface area contributed by atoms with Crippen LogP contribution in [0.5, 0.6) is 5.75 Å². The van der Waals surface area contributed by atoms with Crippen LogP contribution in [0, 0.1) is 0 Å². The Bertz CT molecular complexity index is 1130. The van der Waals surface area contributed by atoms with Gasteiger partial charge in [-0.3, -0.25) is 4.79 Å². The fourth-order valence-electron chi connectivity index (χ4n) is 4.92. The summed E-state index contributed by atoms with van der Waals surface area (Å²) < 4.78 is 29.3. The molecule has 0 fully saturated rings. The molecule has 1 atom stereocenters. The minimum absolute atomic E-state index is 0.0458. The van der Waals surface area contributed by atoms with Gasteiger partial charge < -0.3 is 9.64 Å². The van der Waals surface area contributed by atoms with Crippen molar-refractivity contribution in [2.75, 3.05) is 26.5 Å². The topological polar surface area (TPSA) is 79.0 Å². The number of carbonyl (C=O) groups is 1. The molecule has 178 valence electrons. The van der Waals surface area contributed by atoms with Crippen LogP contribution in [0.1, 0.15) is 53.5 Å². The van der Waals surface area contributed by atoms with Crippen molar-refractivity contribution in [3.63, 3.8) is 0 Å². The molecular weight excluding hydrogens is 438 g/mol. The molecule has 1 aliphatic heterocycles. The zero-order chi connectivity index (χ0) is 23.6. The molecule has 2 aromatic rings. The summed E-state index contributed by atoms with van der Waals surface area (Å²) in [6.07, 6.45) is 3.53. The Morgan fingerprint density at radius 2 is 2.00 bits per heavy atom. The largest absolute Gasteiger partial charge is 0.496 e. The fourth-order valence-corrected chi connectivity index (χ4v) is 5.57. The molecule has 7 nitrogen and oxygen atoms in total. The summed E-state index contributed by atoms with van der Waals surface area (Å²) in [7, 11) is 0.299. The molecule has 0 spiro atoms. The number of benzene rings is 2. The van der Waals surface area contributed by atoms with Gasteiger partial charge in [0.1, 0.15) is 5.75 Å². The molecule has 1 aliphatic carbocycles. The van der Waals surface area contributed by atoms with Gasteiger partial charge in [0.2, 0.25) is 15.9 Å². The highest BCUT2D eigenvalue weighted by Crippen LogP contribution is 2.37. The van der Waals surface area contributed by atoms with Crippen LogP contribution < -0.4 is 9.57 Å². The van der Waals surface area contributed by atoms with E-state index < -0.39 is 10.0 Å². The van der Waals surface area contributed by atoms with Crippen molar-refractivity contribution < 1.29 is 17.9 Å². The van der Waals surface area contributed by atoms with Crippen LogP contribution in [-0.2, 0) is 40.7 Å². The number of rotatable bonds is 8. The smallest absolute Gasteiger partial charge is 0.226 e. The summed E-state index contributed by atoms with van der Waals surface area (Å²) in [6.45, 7) is 3.35. The number of methoxy groups -OCH3 is 1. The van der Waals surface area contributed by atoms with Gasteiger partial charge in [-0.15, -0.1) is 4.83 Å². The lowest BCUT2D eigenvalue weighted by molar-refractivity contribution is -0.129. The van der Waals surface area contributed by atoms with Crippen LogP contribution in [0.25, 0.3) is 0 Å². The first-order valence-electron chi connectivity index (χ1n) is 11.5. The lowest BCUT2D eigenvalue weighted by Gasteiger charge is -2.30. The van der Waals surface area contributed by atoms with Gasteiger partial charge in [-0.05, 0) is 60.1 Å². The molecule has 1 heterocycles. The van der Waals surface area contributed by atoms with Crippen LogP contribution >= 0.6 is 0 Å². The molecule has 2 aromatic carbocycles. The second-order valence-electron chi connectivity index (χ2n) is 9.02. The van der Waals surface area contributed by atoms with E-state index in [0.717, 1.165) is 41.7 Å². The average Bonchev–Trinajstić information content (AvgIpc) is 3.19. The van der Waals surface area contributed by atoms with Gasteiger partial charge in [0.05, 0.1) is 19.3 Å². The summed E-state index contributed by atoms with van der Waals surface area (Å²) in [5.74, 6) is 1.40. The highest BCUT2D eigenvalue weighted by atomic mass is 32.2. The SMILES string of the molecule is CCS(=O)(=O)NN1Cc2ccc(CC(=O)N(C)CC3CCCc4c(OC)cccc43)cc2C1. The van der Waals surface area contributed by atoms with Crippen LogP contribution in [0.3, 0.4) is 0 Å². The molecule has 0 bridgehead atoms. The number of hydrogen-bond acceptors (Lipinski definition) is 5. The average molecular weight is 472 g/mol. The molecule has 1 unspecified atom stereocenters. The molecule has 8 heteroatoms. The van der Waals surface area contributed by atoms with Crippen molar-refractivity contribution in [3.8, 4) is 5.75 Å². The maximum absolute atomic E-state index is 13.0. The molecular formula is C25H33N3O4S. The van der Waals surface area contributed by atoms with E-state index in [1.54, 1.807) is 19.0 Å². The number of sulfonamides is 1. The van der Waals surface area contributed by atoms with Crippen molar-refractivity contribution in [2.45, 2.75) is 51.6 Å². The zero-order valence-electron chi connectivity index (χ0n) is 19.6. The molecule has 0 radical (unpaired) electrons. The molecule has 1 N–H and O–H groups in total. The van der Waals surface area contributed by atoms with Gasteiger partial charge in [-0.25, -0.2) is 13.4 Å². The van der Waals surface area contributed by atoms with Gasteiger partial charge in [0, 0.05) is 32.6 Å². The molecule has 0 saturated heterocycles. The highest BCUT2D eigenvalue weighted by Gasteiger charge is 2.26. The van der Waals surface area contributed by atoms with Crippen LogP contribution in [0.2, 0.25) is 0 Å². The fraction of sp³-hybridized carbons (Fsp3) is 0.480. The van der Waals surface area contributed by atoms with Crippen LogP contribution in [0.4, 0.5) is 0 Å². The van der Waals surface area contributed by atoms with Crippen LogP contribution in [0.15, 0.2) is 36.4 Å². The molecule has 0 aromatic heterocycles. The van der Waals surface area contributed by atoms with Crippen molar-refractivity contribution in [1.82, 2.24) is 14.7 Å². The lowest BCUT2D eigenvalue weighted by Crippen LogP contribution is -2.39. The quantitative estimate of drug-likeness (QED) is 0.640. The summed E-state index contributed by atoms with van der Waals surface area (Å²) in [5.41, 5.74) is 5.68. The first kappa shape index (κ1) is 23.7. The summed E-state index contributed by atoms with van der Waals surface area (Å²) in [5, 5.41) is 1.70. The molecule has 33 heavy (non-hydrogen) atoms. The Balaban J connectivity index is 1.39. The molecule has 0 saturated carbocycles. The first-order chi connectivity index (χ1) is 15.8. The standard InChI is InChI=1S/C25H33N3O4S/c1-4-33(30,31)26-28-16-19-12-11-18(13-21(19)17-28)14-25(29)27(2)15-20-7-5-9-23-22(20)8-6-10-24(23)32-3/h6,8,10-13,20,26H,4-5,7,9,14-17H2,1-3H3. The Hall–Kier alpha value is -2.42. The monoisotopic (exact) mass is 471 g/mol. The minimum atomic E-state index is -3.29. The maximum Gasteiger partial charge on any atom is 0.226 e. The number of likely N-dealkylation sites (N-methyl/N-ethyl adjacent to an activating group) is 1. The van der Waals surface area contributed by atoms with Crippen molar-refractivity contribution >= 4 is 15.9 Å². The van der Waals surface area contributed by atoms with E-state index >= 15 is 0 Å². The van der Waals surface area contributed by atoms with E-state index in [1.807, 2.05) is 42.3 Å². The summed E-state index contributed by atoms with van der Waals surface area (Å²) in [4.78, 5) is 17.5. The van der Waals surface area contributed by atoms with E-state index in [0.29, 0.717) is 32.0 Å². The highest BCUT2D eigenvalue weighted by molar-refractivity contribution is 7.89. The summed E-state index contributed by atoms with van der Waals surface area (Å²) >= 11 is 0. The number of nitrogens with zero attached hydrogens (tertiary/aromatic N) is 2. The maximum atomic E-state index is 13.0. The van der Waals surface area contributed by atoms with E-state index in [9.17, 15) is 13.2 Å². The number of amides is 1. The summed E-state index contributed by atoms with van der Waals surface area (Å²) in [6, 6.07) is 12.2. The van der Waals surface area contributed by atoms with Crippen molar-refractivity contribution in [2.24, 2.45) is 0 Å². The Morgan fingerprint density at radius 3 is 2.76 bits per heavy atom. The van der Waals surface area contributed by atoms with Crippen molar-refractivity contribution in [3.05, 3.63) is 64.2 Å². The third kappa shape index (κ3) is 5.39. The lowest BCUT2D eigenvalue weighted by atomic mass is 9.82. The number of ether oxygens (including phenoxy) is 1. The van der Waals surface area contributed by atoms with Gasteiger partial charge in [-0.2, -0.15) is 0 Å². The normalized spacial score (nSPS) is 18.0. The molecule has 1 amide bonds. The van der Waals surface area contributed by atoms with Gasteiger partial charge in [-0.1, -0.05) is 30.3 Å². The van der Waals surface area contributed by atoms with Gasteiger partial charge in [0.25, 0.3) is 0 Å². The van der Waals surface area contributed by atoms with E-state index in [-0.39, 0.29) is 11.7 Å². The number of hydrazine groups is 1. The predicted molar refractivity (Wildman–Crippen MR) is 128 cm³/mol. The minimum Gasteiger partial charge on any atom is -0.496 e. The van der Waals surface area contributed by atoms with Gasteiger partial charge in [0.15, 0.2) is 0 Å². The Kier molecular flexibility index (Phi) is 7.07. The number of nitrogens with one attached hydrogen (secondary N) is 1. The number of fused-ring (bicyclic) bond motifs is 2. The third-order valence-corrected chi connectivity index (χ3v) is 8.02. The molecule has 2 aliphatic rings. The van der Waals surface area contributed by atoms with E-state index in [2.05, 4.69) is 10.9 Å². The van der Waals surface area contributed by atoms with E-state index in [4.69, 9.17) is 4.74 Å². The second kappa shape index (κ2) is 9.83. The number of hydrogen-bond donors (Lipinski definition) is 1. The predicted octanol–water partition coefficient (Wildman–Crippen LogP) is 2.99. The third-order valence-electron chi connectivity index (χ3n) is 6.73. The van der Waals surface area contributed by atoms with Crippen LogP contribution in [-0.4, -0.2) is 50.7 Å².